The molecule has 3 aromatic rings. The molecule has 0 aliphatic heterocycles. The number of anilines is 1. The van der Waals surface area contributed by atoms with Gasteiger partial charge in [-0.15, -0.1) is 6.42 Å². The van der Waals surface area contributed by atoms with Gasteiger partial charge in [0.2, 0.25) is 23.5 Å². The maximum atomic E-state index is 12.4. The molecule has 2 amide bonds. The van der Waals surface area contributed by atoms with Gasteiger partial charge in [-0.25, -0.2) is 0 Å². The number of carbonyl (C=O) groups is 2. The first-order valence-electron chi connectivity index (χ1n) is 10.1. The molecule has 0 spiro atoms. The smallest absolute Gasteiger partial charge is 0.243 e. The van der Waals surface area contributed by atoms with Gasteiger partial charge in [-0.3, -0.25) is 9.59 Å². The van der Waals surface area contributed by atoms with E-state index < -0.39 is 0 Å². The van der Waals surface area contributed by atoms with Crippen LogP contribution in [0.15, 0.2) is 53.1 Å². The van der Waals surface area contributed by atoms with Crippen molar-refractivity contribution >= 4 is 17.5 Å². The van der Waals surface area contributed by atoms with Crippen molar-refractivity contribution in [2.75, 3.05) is 25.5 Å². The summed E-state index contributed by atoms with van der Waals surface area (Å²) in [6.45, 7) is 2.43. The highest BCUT2D eigenvalue weighted by molar-refractivity contribution is 5.94. The van der Waals surface area contributed by atoms with Crippen LogP contribution in [0.2, 0.25) is 0 Å². The van der Waals surface area contributed by atoms with Crippen molar-refractivity contribution in [3.63, 3.8) is 0 Å². The minimum atomic E-state index is -0.314. The molecule has 0 aliphatic rings. The predicted octanol–water partition coefficient (Wildman–Crippen LogP) is 3.15. The second-order valence-corrected chi connectivity index (χ2v) is 6.99. The van der Waals surface area contributed by atoms with Crippen LogP contribution in [-0.4, -0.2) is 47.1 Å². The topological polar surface area (TPSA) is 97.6 Å². The minimum Gasteiger partial charge on any atom is -0.494 e. The third-order valence-electron chi connectivity index (χ3n) is 4.56. The summed E-state index contributed by atoms with van der Waals surface area (Å²) >= 11 is 0. The third kappa shape index (κ3) is 6.19. The molecular formula is C24H24N4O4. The first-order chi connectivity index (χ1) is 15.5. The highest BCUT2D eigenvalue weighted by Gasteiger charge is 2.16. The molecule has 0 saturated carbocycles. The average Bonchev–Trinajstić information content (AvgIpc) is 3.27. The highest BCUT2D eigenvalue weighted by Crippen LogP contribution is 2.20. The lowest BCUT2D eigenvalue weighted by Gasteiger charge is -2.16. The number of terminal acetylenes is 1. The molecule has 0 radical (unpaired) electrons. The Hall–Kier alpha value is -4.12. The van der Waals surface area contributed by atoms with Gasteiger partial charge in [0.15, 0.2) is 0 Å². The number of ether oxygens (including phenoxy) is 1. The Bertz CT molecular complexity index is 1120. The normalized spacial score (nSPS) is 10.3. The van der Waals surface area contributed by atoms with Gasteiger partial charge in [-0.2, -0.15) is 4.98 Å². The molecule has 0 fully saturated rings. The van der Waals surface area contributed by atoms with E-state index in [1.54, 1.807) is 31.3 Å². The molecule has 0 unspecified atom stereocenters. The molecule has 2 aromatic carbocycles. The van der Waals surface area contributed by atoms with Gasteiger partial charge in [-0.05, 0) is 49.4 Å². The first kappa shape index (κ1) is 22.6. The SMILES string of the molecule is C#Cc1cccc(NC(=O)CN(C)C(=O)CCc2nc(-c3ccc(OCC)cc3)no2)c1. The van der Waals surface area contributed by atoms with Gasteiger partial charge in [0.25, 0.3) is 0 Å². The van der Waals surface area contributed by atoms with Crippen LogP contribution in [0.1, 0.15) is 24.8 Å². The summed E-state index contributed by atoms with van der Waals surface area (Å²) in [5, 5.41) is 6.70. The van der Waals surface area contributed by atoms with E-state index in [2.05, 4.69) is 21.4 Å². The van der Waals surface area contributed by atoms with Crippen LogP contribution < -0.4 is 10.1 Å². The largest absolute Gasteiger partial charge is 0.494 e. The number of nitrogens with zero attached hydrogens (tertiary/aromatic N) is 3. The van der Waals surface area contributed by atoms with E-state index in [0.717, 1.165) is 11.3 Å². The summed E-state index contributed by atoms with van der Waals surface area (Å²) < 4.78 is 10.7. The summed E-state index contributed by atoms with van der Waals surface area (Å²) in [5.41, 5.74) is 2.04. The third-order valence-corrected chi connectivity index (χ3v) is 4.56. The van der Waals surface area contributed by atoms with Crippen LogP contribution in [0.4, 0.5) is 5.69 Å². The zero-order valence-electron chi connectivity index (χ0n) is 18.0. The number of hydrogen-bond acceptors (Lipinski definition) is 6. The zero-order chi connectivity index (χ0) is 22.9. The second kappa shape index (κ2) is 10.8. The zero-order valence-corrected chi connectivity index (χ0v) is 18.0. The van der Waals surface area contributed by atoms with Gasteiger partial charge in [0.05, 0.1) is 13.2 Å². The van der Waals surface area contributed by atoms with Crippen molar-refractivity contribution < 1.29 is 18.8 Å². The second-order valence-electron chi connectivity index (χ2n) is 6.99. The van der Waals surface area contributed by atoms with E-state index in [0.29, 0.717) is 29.6 Å². The lowest BCUT2D eigenvalue weighted by atomic mass is 10.2. The fraction of sp³-hybridized carbons (Fsp3) is 0.250. The van der Waals surface area contributed by atoms with Crippen molar-refractivity contribution in [3.05, 3.63) is 60.0 Å². The molecule has 164 valence electrons. The first-order valence-corrected chi connectivity index (χ1v) is 10.1. The molecule has 0 bridgehead atoms. The fourth-order valence-electron chi connectivity index (χ4n) is 2.94. The molecule has 1 N–H and O–H groups in total. The molecule has 0 saturated heterocycles. The van der Waals surface area contributed by atoms with Crippen LogP contribution in [0.3, 0.4) is 0 Å². The maximum Gasteiger partial charge on any atom is 0.243 e. The Morgan fingerprint density at radius 2 is 2.00 bits per heavy atom. The van der Waals surface area contributed by atoms with Crippen LogP contribution in [0.25, 0.3) is 11.4 Å². The summed E-state index contributed by atoms with van der Waals surface area (Å²) in [7, 11) is 1.57. The molecule has 0 atom stereocenters. The Balaban J connectivity index is 1.48. The van der Waals surface area contributed by atoms with Gasteiger partial charge >= 0.3 is 0 Å². The standard InChI is InChI=1S/C24H24N4O4/c1-4-17-7-6-8-19(15-17)25-21(29)16-28(3)23(30)14-13-22-26-24(27-32-22)18-9-11-20(12-10-18)31-5-2/h1,6-12,15H,5,13-14,16H2,2-3H3,(H,25,29). The predicted molar refractivity (Wildman–Crippen MR) is 120 cm³/mol. The van der Waals surface area contributed by atoms with E-state index in [4.69, 9.17) is 15.7 Å². The van der Waals surface area contributed by atoms with E-state index in [1.165, 1.54) is 4.90 Å². The Morgan fingerprint density at radius 1 is 1.22 bits per heavy atom. The highest BCUT2D eigenvalue weighted by atomic mass is 16.5. The summed E-state index contributed by atoms with van der Waals surface area (Å²) in [5.74, 6) is 3.55. The number of carbonyl (C=O) groups excluding carboxylic acids is 2. The summed E-state index contributed by atoms with van der Waals surface area (Å²) in [6, 6.07) is 14.3. The van der Waals surface area contributed by atoms with E-state index >= 15 is 0 Å². The number of rotatable bonds is 9. The molecule has 8 nitrogen and oxygen atoms in total. The number of hydrogen-bond donors (Lipinski definition) is 1. The Morgan fingerprint density at radius 3 is 2.72 bits per heavy atom. The van der Waals surface area contributed by atoms with Crippen LogP contribution in [0.5, 0.6) is 5.75 Å². The van der Waals surface area contributed by atoms with E-state index in [-0.39, 0.29) is 31.2 Å². The van der Waals surface area contributed by atoms with Gasteiger partial charge < -0.3 is 19.5 Å². The number of nitrogens with one attached hydrogen (secondary N) is 1. The van der Waals surface area contributed by atoms with Crippen molar-refractivity contribution in [1.82, 2.24) is 15.0 Å². The number of aromatic nitrogens is 2. The quantitative estimate of drug-likeness (QED) is 0.522. The van der Waals surface area contributed by atoms with Crippen LogP contribution in [0, 0.1) is 12.3 Å². The minimum absolute atomic E-state index is 0.0830. The molecule has 3 rings (SSSR count). The Labute approximate surface area is 186 Å². The van der Waals surface area contributed by atoms with Crippen LogP contribution in [-0.2, 0) is 16.0 Å². The van der Waals surface area contributed by atoms with Crippen LogP contribution >= 0.6 is 0 Å². The average molecular weight is 432 g/mol. The number of amides is 2. The summed E-state index contributed by atoms with van der Waals surface area (Å²) in [4.78, 5) is 30.3. The molecule has 0 aliphatic carbocycles. The molecular weight excluding hydrogens is 408 g/mol. The van der Waals surface area contributed by atoms with E-state index in [1.807, 2.05) is 31.2 Å². The molecule has 8 heteroatoms. The lowest BCUT2D eigenvalue weighted by Crippen LogP contribution is -2.35. The van der Waals surface area contributed by atoms with E-state index in [9.17, 15) is 9.59 Å². The van der Waals surface area contributed by atoms with Crippen molar-refractivity contribution in [1.29, 1.82) is 0 Å². The van der Waals surface area contributed by atoms with Gasteiger partial charge in [0.1, 0.15) is 5.75 Å². The Kier molecular flexibility index (Phi) is 7.60. The monoisotopic (exact) mass is 432 g/mol. The number of aryl methyl sites for hydroxylation is 1. The van der Waals surface area contributed by atoms with Crippen molar-refractivity contribution in [3.8, 4) is 29.5 Å². The van der Waals surface area contributed by atoms with Gasteiger partial charge in [0, 0.05) is 36.7 Å². The van der Waals surface area contributed by atoms with Gasteiger partial charge in [-0.1, -0.05) is 17.1 Å². The molecule has 1 aromatic heterocycles. The van der Waals surface area contributed by atoms with Crippen molar-refractivity contribution in [2.45, 2.75) is 19.8 Å². The molecule has 32 heavy (non-hydrogen) atoms. The number of likely N-dealkylation sites (N-methyl/N-ethyl adjacent to an activating group) is 1. The summed E-state index contributed by atoms with van der Waals surface area (Å²) in [6.07, 6.45) is 5.78. The molecule has 1 heterocycles. The van der Waals surface area contributed by atoms with Crippen molar-refractivity contribution in [2.24, 2.45) is 0 Å². The number of benzene rings is 2. The lowest BCUT2D eigenvalue weighted by molar-refractivity contribution is -0.133. The fourth-order valence-corrected chi connectivity index (χ4v) is 2.94. The maximum absolute atomic E-state index is 12.4.